The van der Waals surface area contributed by atoms with E-state index in [-0.39, 0.29) is 5.56 Å². The maximum Gasteiger partial charge on any atom is 0.189 e. The van der Waals surface area contributed by atoms with Crippen LogP contribution in [0.2, 0.25) is 0 Å². The molecule has 2 nitrogen and oxygen atoms in total. The Kier molecular flexibility index (Phi) is 2.32. The predicted molar refractivity (Wildman–Crippen MR) is 54.6 cm³/mol. The Morgan fingerprint density at radius 2 is 2.31 bits per heavy atom. The molecular formula is C10H12ClNO. The van der Waals surface area contributed by atoms with E-state index < -0.39 is 0 Å². The number of nitrogens with zero attached hydrogens (tertiary/aromatic N) is 1. The van der Waals surface area contributed by atoms with E-state index in [0.29, 0.717) is 0 Å². The third-order valence-corrected chi connectivity index (χ3v) is 2.43. The quantitative estimate of drug-likeness (QED) is 0.642. The molecule has 1 aliphatic heterocycles. The molecule has 0 fully saturated rings. The summed E-state index contributed by atoms with van der Waals surface area (Å²) in [6, 6.07) is 7.98. The zero-order chi connectivity index (χ0) is 9.26. The molecule has 13 heavy (non-hydrogen) atoms. The zero-order valence-electron chi connectivity index (χ0n) is 7.53. The summed E-state index contributed by atoms with van der Waals surface area (Å²) in [5.41, 5.74) is 0.914. The van der Waals surface area contributed by atoms with Crippen LogP contribution < -0.4 is 9.64 Å². The van der Waals surface area contributed by atoms with Crippen LogP contribution in [0.15, 0.2) is 24.3 Å². The highest BCUT2D eigenvalue weighted by Crippen LogP contribution is 2.33. The van der Waals surface area contributed by atoms with Gasteiger partial charge in [0.2, 0.25) is 0 Å². The predicted octanol–water partition coefficient (Wildman–Crippen LogP) is 2.47. The fraction of sp³-hybridized carbons (Fsp3) is 0.400. The van der Waals surface area contributed by atoms with Crippen LogP contribution in [0.25, 0.3) is 0 Å². The average Bonchev–Trinajstić information content (AvgIpc) is 2.16. The molecule has 1 atom stereocenters. The molecule has 2 rings (SSSR count). The Morgan fingerprint density at radius 1 is 1.54 bits per heavy atom. The first-order chi connectivity index (χ1) is 6.31. The van der Waals surface area contributed by atoms with E-state index in [9.17, 15) is 0 Å². The van der Waals surface area contributed by atoms with Crippen LogP contribution in [0, 0.1) is 0 Å². The monoisotopic (exact) mass is 197 g/mol. The van der Waals surface area contributed by atoms with E-state index in [0.717, 1.165) is 24.5 Å². The number of rotatable bonds is 1. The molecular weight excluding hydrogens is 186 g/mol. The Hall–Kier alpha value is -0.890. The molecule has 0 amide bonds. The highest BCUT2D eigenvalue weighted by molar-refractivity contribution is 6.20. The van der Waals surface area contributed by atoms with E-state index >= 15 is 0 Å². The summed E-state index contributed by atoms with van der Waals surface area (Å²) < 4.78 is 5.49. The van der Waals surface area contributed by atoms with E-state index in [1.54, 1.807) is 0 Å². The number of hydrogen-bond donors (Lipinski definition) is 0. The van der Waals surface area contributed by atoms with Crippen molar-refractivity contribution in [2.75, 3.05) is 18.0 Å². The fourth-order valence-electron chi connectivity index (χ4n) is 1.56. The summed E-state index contributed by atoms with van der Waals surface area (Å²) in [6.45, 7) is 3.84. The first kappa shape index (κ1) is 8.70. The second kappa shape index (κ2) is 3.46. The van der Waals surface area contributed by atoms with Gasteiger partial charge in [0.05, 0.1) is 12.2 Å². The topological polar surface area (TPSA) is 12.5 Å². The molecule has 0 aliphatic carbocycles. The number of para-hydroxylation sites is 2. The maximum absolute atomic E-state index is 5.95. The standard InChI is InChI=1S/C10H12ClNO/c1-2-12-7-10(11)13-9-6-4-3-5-8(9)12/h3-6,10H,2,7H2,1H3. The van der Waals surface area contributed by atoms with Crippen LogP contribution in [0.4, 0.5) is 5.69 Å². The summed E-state index contributed by atoms with van der Waals surface area (Å²) in [7, 11) is 0. The largest absolute Gasteiger partial charge is 0.471 e. The summed E-state index contributed by atoms with van der Waals surface area (Å²) in [4.78, 5) is 2.22. The van der Waals surface area contributed by atoms with Crippen molar-refractivity contribution in [1.29, 1.82) is 0 Å². The van der Waals surface area contributed by atoms with Gasteiger partial charge in [-0.15, -0.1) is 0 Å². The van der Waals surface area contributed by atoms with Crippen molar-refractivity contribution in [3.8, 4) is 5.75 Å². The zero-order valence-corrected chi connectivity index (χ0v) is 8.29. The highest BCUT2D eigenvalue weighted by Gasteiger charge is 2.21. The summed E-state index contributed by atoms with van der Waals surface area (Å²) in [6.07, 6.45) is 0. The van der Waals surface area contributed by atoms with Gasteiger partial charge in [-0.2, -0.15) is 0 Å². The van der Waals surface area contributed by atoms with Gasteiger partial charge in [-0.3, -0.25) is 0 Å². The molecule has 1 aromatic carbocycles. The molecule has 3 heteroatoms. The van der Waals surface area contributed by atoms with E-state index in [1.807, 2.05) is 18.2 Å². The number of hydrogen-bond acceptors (Lipinski definition) is 2. The van der Waals surface area contributed by atoms with Crippen molar-refractivity contribution in [1.82, 2.24) is 0 Å². The lowest BCUT2D eigenvalue weighted by Gasteiger charge is -2.32. The Labute approximate surface area is 83.1 Å². The van der Waals surface area contributed by atoms with E-state index in [4.69, 9.17) is 16.3 Å². The fourth-order valence-corrected chi connectivity index (χ4v) is 1.83. The highest BCUT2D eigenvalue weighted by atomic mass is 35.5. The van der Waals surface area contributed by atoms with E-state index in [2.05, 4.69) is 17.9 Å². The Morgan fingerprint density at radius 3 is 3.08 bits per heavy atom. The van der Waals surface area contributed by atoms with Crippen LogP contribution in [0.1, 0.15) is 6.92 Å². The van der Waals surface area contributed by atoms with Crippen molar-refractivity contribution >= 4 is 17.3 Å². The summed E-state index contributed by atoms with van der Waals surface area (Å²) in [5, 5.41) is 0. The molecule has 1 aromatic rings. The number of alkyl halides is 1. The second-order valence-electron chi connectivity index (χ2n) is 3.03. The average molecular weight is 198 g/mol. The minimum Gasteiger partial charge on any atom is -0.471 e. The number of ether oxygens (including phenoxy) is 1. The number of likely N-dealkylation sites (N-methyl/N-ethyl adjacent to an activating group) is 1. The molecule has 70 valence electrons. The van der Waals surface area contributed by atoms with Crippen molar-refractivity contribution in [3.05, 3.63) is 24.3 Å². The third-order valence-electron chi connectivity index (χ3n) is 2.21. The summed E-state index contributed by atoms with van der Waals surface area (Å²) >= 11 is 5.95. The van der Waals surface area contributed by atoms with Crippen LogP contribution in [-0.2, 0) is 0 Å². The normalized spacial score (nSPS) is 20.8. The van der Waals surface area contributed by atoms with Gasteiger partial charge in [-0.1, -0.05) is 23.7 Å². The number of anilines is 1. The van der Waals surface area contributed by atoms with Gasteiger partial charge < -0.3 is 9.64 Å². The van der Waals surface area contributed by atoms with Crippen LogP contribution >= 0.6 is 11.6 Å². The van der Waals surface area contributed by atoms with Crippen LogP contribution in [0.5, 0.6) is 5.75 Å². The van der Waals surface area contributed by atoms with Crippen LogP contribution in [0.3, 0.4) is 0 Å². The molecule has 0 N–H and O–H groups in total. The molecule has 0 spiro atoms. The Bertz CT molecular complexity index is 303. The number of halogens is 1. The molecule has 1 aliphatic rings. The van der Waals surface area contributed by atoms with Gasteiger partial charge in [0.15, 0.2) is 5.56 Å². The number of benzene rings is 1. The lowest BCUT2D eigenvalue weighted by Crippen LogP contribution is -2.36. The molecule has 0 aromatic heterocycles. The first-order valence-electron chi connectivity index (χ1n) is 4.46. The molecule has 0 saturated carbocycles. The maximum atomic E-state index is 5.95. The third kappa shape index (κ3) is 1.59. The van der Waals surface area contributed by atoms with Gasteiger partial charge >= 0.3 is 0 Å². The van der Waals surface area contributed by atoms with Crippen molar-refractivity contribution in [2.24, 2.45) is 0 Å². The lowest BCUT2D eigenvalue weighted by molar-refractivity contribution is 0.270. The molecule has 1 unspecified atom stereocenters. The molecule has 0 saturated heterocycles. The SMILES string of the molecule is CCN1CC(Cl)Oc2ccccc21. The van der Waals surface area contributed by atoms with Crippen molar-refractivity contribution in [2.45, 2.75) is 12.5 Å². The van der Waals surface area contributed by atoms with Crippen molar-refractivity contribution in [3.63, 3.8) is 0 Å². The van der Waals surface area contributed by atoms with Gasteiger partial charge in [0.1, 0.15) is 5.75 Å². The van der Waals surface area contributed by atoms with Gasteiger partial charge in [-0.25, -0.2) is 0 Å². The number of fused-ring (bicyclic) bond motifs is 1. The minimum absolute atomic E-state index is 0.227. The smallest absolute Gasteiger partial charge is 0.189 e. The summed E-state index contributed by atoms with van der Waals surface area (Å²) in [5.74, 6) is 0.885. The molecule has 1 heterocycles. The van der Waals surface area contributed by atoms with Crippen LogP contribution in [-0.4, -0.2) is 18.7 Å². The Balaban J connectivity index is 2.37. The molecule has 0 radical (unpaired) electrons. The van der Waals surface area contributed by atoms with Gasteiger partial charge in [-0.05, 0) is 19.1 Å². The molecule has 0 bridgehead atoms. The van der Waals surface area contributed by atoms with Crippen molar-refractivity contribution < 1.29 is 4.74 Å². The van der Waals surface area contributed by atoms with E-state index in [1.165, 1.54) is 0 Å². The van der Waals surface area contributed by atoms with Gasteiger partial charge in [0.25, 0.3) is 0 Å². The first-order valence-corrected chi connectivity index (χ1v) is 4.89. The lowest BCUT2D eigenvalue weighted by atomic mass is 10.2. The second-order valence-corrected chi connectivity index (χ2v) is 3.52. The minimum atomic E-state index is -0.227. The van der Waals surface area contributed by atoms with Gasteiger partial charge in [0, 0.05) is 6.54 Å².